The SMILES string of the molecule is NCCCCC(NC(=O)c1ccc2ccccc2c1)C(=O)NC(CCCCN)C(=O)NC(C=O)CCCN=C(N)N. The van der Waals surface area contributed by atoms with Gasteiger partial charge in [-0.3, -0.25) is 19.4 Å². The van der Waals surface area contributed by atoms with Crippen LogP contribution in [0, 0.1) is 0 Å². The third-order valence-corrected chi connectivity index (χ3v) is 6.62. The molecule has 12 nitrogen and oxygen atoms in total. The van der Waals surface area contributed by atoms with Crippen molar-refractivity contribution in [1.29, 1.82) is 0 Å². The number of nitrogens with one attached hydrogen (secondary N) is 3. The first-order chi connectivity index (χ1) is 19.8. The van der Waals surface area contributed by atoms with E-state index in [1.165, 1.54) is 0 Å². The third kappa shape index (κ3) is 11.9. The molecule has 0 saturated carbocycles. The second-order valence-electron chi connectivity index (χ2n) is 9.92. The van der Waals surface area contributed by atoms with E-state index in [0.29, 0.717) is 82.9 Å². The van der Waals surface area contributed by atoms with Crippen LogP contribution in [0.25, 0.3) is 10.8 Å². The molecule has 2 rings (SSSR count). The van der Waals surface area contributed by atoms with Crippen molar-refractivity contribution in [3.8, 4) is 0 Å². The molecular weight excluding hydrogens is 524 g/mol. The topological polar surface area (TPSA) is 221 Å². The lowest BCUT2D eigenvalue weighted by Crippen LogP contribution is -2.55. The second-order valence-corrected chi connectivity index (χ2v) is 9.92. The molecule has 2 aromatic rings. The molecule has 41 heavy (non-hydrogen) atoms. The predicted molar refractivity (Wildman–Crippen MR) is 161 cm³/mol. The Morgan fingerprint density at radius 1 is 0.756 bits per heavy atom. The molecule has 3 unspecified atom stereocenters. The maximum atomic E-state index is 13.4. The van der Waals surface area contributed by atoms with Crippen LogP contribution in [-0.2, 0) is 14.4 Å². The average Bonchev–Trinajstić information content (AvgIpc) is 2.97. The molecule has 2 aromatic carbocycles. The van der Waals surface area contributed by atoms with Crippen LogP contribution in [0.3, 0.4) is 0 Å². The van der Waals surface area contributed by atoms with Crippen molar-refractivity contribution in [1.82, 2.24) is 16.0 Å². The summed E-state index contributed by atoms with van der Waals surface area (Å²) in [6, 6.07) is 10.5. The number of carbonyl (C=O) groups excluding carboxylic acids is 4. The van der Waals surface area contributed by atoms with E-state index in [0.717, 1.165) is 10.8 Å². The molecular formula is C29H44N8O4. The summed E-state index contributed by atoms with van der Waals surface area (Å²) < 4.78 is 0. The number of hydrogen-bond donors (Lipinski definition) is 7. The standard InChI is InChI=1S/C29H44N8O4/c30-15-5-3-11-24(27(40)35-23(19-38)10-7-17-34-29(32)33)37-28(41)25(12-4-6-16-31)36-26(39)22-14-13-20-8-1-2-9-21(20)18-22/h1-2,8-9,13-14,18-19,23-25H,3-7,10-12,15-17,30-31H2,(H,35,40)(H,36,39)(H,37,41)(H4,32,33,34). The van der Waals surface area contributed by atoms with Gasteiger partial charge in [0.25, 0.3) is 5.91 Å². The minimum atomic E-state index is -0.913. The van der Waals surface area contributed by atoms with Crippen LogP contribution in [0.15, 0.2) is 47.5 Å². The first-order valence-corrected chi connectivity index (χ1v) is 14.1. The molecule has 0 heterocycles. The molecule has 0 aliphatic heterocycles. The first-order valence-electron chi connectivity index (χ1n) is 14.1. The zero-order valence-electron chi connectivity index (χ0n) is 23.5. The van der Waals surface area contributed by atoms with E-state index in [1.807, 2.05) is 30.3 Å². The lowest BCUT2D eigenvalue weighted by atomic mass is 10.0. The molecule has 0 radical (unpaired) electrons. The Morgan fingerprint density at radius 3 is 1.98 bits per heavy atom. The summed E-state index contributed by atoms with van der Waals surface area (Å²) in [5, 5.41) is 10.2. The molecule has 0 aromatic heterocycles. The zero-order valence-corrected chi connectivity index (χ0v) is 23.5. The number of rotatable bonds is 19. The Hall–Kier alpha value is -4.03. The molecule has 0 aliphatic carbocycles. The highest BCUT2D eigenvalue weighted by Crippen LogP contribution is 2.16. The Morgan fingerprint density at radius 2 is 1.37 bits per heavy atom. The number of unbranched alkanes of at least 4 members (excludes halogenated alkanes) is 2. The average molecular weight is 569 g/mol. The largest absolute Gasteiger partial charge is 0.370 e. The summed E-state index contributed by atoms with van der Waals surface area (Å²) in [6.07, 6.45) is 4.67. The lowest BCUT2D eigenvalue weighted by molar-refractivity contribution is -0.131. The van der Waals surface area contributed by atoms with Crippen molar-refractivity contribution in [2.45, 2.75) is 69.5 Å². The second kappa shape index (κ2) is 18.3. The van der Waals surface area contributed by atoms with Gasteiger partial charge in [-0.25, -0.2) is 0 Å². The van der Waals surface area contributed by atoms with Gasteiger partial charge in [0.05, 0.1) is 6.04 Å². The highest BCUT2D eigenvalue weighted by atomic mass is 16.2. The molecule has 0 aliphatic rings. The molecule has 11 N–H and O–H groups in total. The number of carbonyl (C=O) groups is 4. The number of aldehydes is 1. The summed E-state index contributed by atoms with van der Waals surface area (Å²) in [5.74, 6) is -1.42. The van der Waals surface area contributed by atoms with Crippen LogP contribution in [-0.4, -0.2) is 67.7 Å². The summed E-state index contributed by atoms with van der Waals surface area (Å²) >= 11 is 0. The monoisotopic (exact) mass is 568 g/mol. The van der Waals surface area contributed by atoms with Gasteiger partial charge in [0, 0.05) is 12.1 Å². The summed E-state index contributed by atoms with van der Waals surface area (Å²) in [7, 11) is 0. The van der Waals surface area contributed by atoms with Crippen molar-refractivity contribution in [2.75, 3.05) is 19.6 Å². The van der Waals surface area contributed by atoms with E-state index in [1.54, 1.807) is 12.1 Å². The van der Waals surface area contributed by atoms with E-state index < -0.39 is 35.8 Å². The first kappa shape index (κ1) is 33.2. The van der Waals surface area contributed by atoms with Gasteiger partial charge in [-0.1, -0.05) is 30.3 Å². The number of guanidine groups is 1. The van der Waals surface area contributed by atoms with Gasteiger partial charge in [0.1, 0.15) is 18.4 Å². The summed E-state index contributed by atoms with van der Waals surface area (Å²) in [6.45, 7) is 1.21. The fourth-order valence-corrected chi connectivity index (χ4v) is 4.34. The van der Waals surface area contributed by atoms with Crippen LogP contribution in [0.2, 0.25) is 0 Å². The number of aliphatic imine (C=N–C) groups is 1. The summed E-state index contributed by atoms with van der Waals surface area (Å²) in [4.78, 5) is 55.2. The molecule has 3 amide bonds. The highest BCUT2D eigenvalue weighted by Gasteiger charge is 2.28. The van der Waals surface area contributed by atoms with Gasteiger partial charge in [0.2, 0.25) is 11.8 Å². The fourth-order valence-electron chi connectivity index (χ4n) is 4.34. The minimum Gasteiger partial charge on any atom is -0.370 e. The molecule has 3 atom stereocenters. The molecule has 0 saturated heterocycles. The van der Waals surface area contributed by atoms with Gasteiger partial charge >= 0.3 is 0 Å². The van der Waals surface area contributed by atoms with Gasteiger partial charge in [-0.05, 0) is 87.4 Å². The highest BCUT2D eigenvalue weighted by molar-refractivity contribution is 6.01. The molecule has 0 fully saturated rings. The predicted octanol–water partition coefficient (Wildman–Crippen LogP) is 0.418. The third-order valence-electron chi connectivity index (χ3n) is 6.62. The van der Waals surface area contributed by atoms with Crippen molar-refractivity contribution >= 4 is 40.7 Å². The van der Waals surface area contributed by atoms with E-state index in [9.17, 15) is 19.2 Å². The smallest absolute Gasteiger partial charge is 0.251 e. The van der Waals surface area contributed by atoms with E-state index in [4.69, 9.17) is 22.9 Å². The van der Waals surface area contributed by atoms with Crippen LogP contribution >= 0.6 is 0 Å². The lowest BCUT2D eigenvalue weighted by Gasteiger charge is -2.24. The molecule has 0 bridgehead atoms. The number of amides is 3. The molecule has 224 valence electrons. The van der Waals surface area contributed by atoms with Crippen LogP contribution in [0.5, 0.6) is 0 Å². The molecule has 12 heteroatoms. The number of nitrogens with two attached hydrogens (primary N) is 4. The van der Waals surface area contributed by atoms with Crippen molar-refractivity contribution in [2.24, 2.45) is 27.9 Å². The van der Waals surface area contributed by atoms with Crippen LogP contribution in [0.1, 0.15) is 61.7 Å². The van der Waals surface area contributed by atoms with E-state index in [2.05, 4.69) is 20.9 Å². The maximum Gasteiger partial charge on any atom is 0.251 e. The minimum absolute atomic E-state index is 0.0481. The molecule has 0 spiro atoms. The van der Waals surface area contributed by atoms with Crippen molar-refractivity contribution < 1.29 is 19.2 Å². The van der Waals surface area contributed by atoms with Gasteiger partial charge in [-0.2, -0.15) is 0 Å². The number of nitrogens with zero attached hydrogens (tertiary/aromatic N) is 1. The Bertz CT molecular complexity index is 1170. The van der Waals surface area contributed by atoms with Crippen molar-refractivity contribution in [3.05, 3.63) is 48.0 Å². The quantitative estimate of drug-likeness (QED) is 0.0543. The Balaban J connectivity index is 2.13. The number of benzene rings is 2. The van der Waals surface area contributed by atoms with E-state index >= 15 is 0 Å². The Kier molecular flexibility index (Phi) is 14.8. The van der Waals surface area contributed by atoms with Crippen LogP contribution < -0.4 is 38.9 Å². The summed E-state index contributed by atoms with van der Waals surface area (Å²) in [5.41, 5.74) is 22.3. The van der Waals surface area contributed by atoms with Gasteiger partial charge in [-0.15, -0.1) is 0 Å². The van der Waals surface area contributed by atoms with Crippen LogP contribution in [0.4, 0.5) is 0 Å². The number of hydrogen-bond acceptors (Lipinski definition) is 7. The number of fused-ring (bicyclic) bond motifs is 1. The maximum absolute atomic E-state index is 13.4. The normalized spacial score (nSPS) is 13.0. The van der Waals surface area contributed by atoms with E-state index in [-0.39, 0.29) is 5.96 Å². The van der Waals surface area contributed by atoms with Crippen molar-refractivity contribution in [3.63, 3.8) is 0 Å². The van der Waals surface area contributed by atoms with Gasteiger partial charge < -0.3 is 43.7 Å². The fraction of sp³-hybridized carbons (Fsp3) is 0.483. The Labute approximate surface area is 241 Å². The van der Waals surface area contributed by atoms with Gasteiger partial charge in [0.15, 0.2) is 5.96 Å². The zero-order chi connectivity index (χ0) is 30.0.